The summed E-state index contributed by atoms with van der Waals surface area (Å²) in [5, 5.41) is 0. The smallest absolute Gasteiger partial charge is 0.300 e. The van der Waals surface area contributed by atoms with Gasteiger partial charge in [-0.05, 0) is 30.3 Å². The van der Waals surface area contributed by atoms with Crippen LogP contribution >= 0.6 is 15.9 Å². The maximum atomic E-state index is 13.9. The number of rotatable bonds is 2. The molecule has 2 aromatic carbocycles. The van der Waals surface area contributed by atoms with Crippen molar-refractivity contribution in [2.24, 2.45) is 0 Å². The van der Waals surface area contributed by atoms with Crippen molar-refractivity contribution in [2.45, 2.75) is 12.7 Å². The summed E-state index contributed by atoms with van der Waals surface area (Å²) in [4.78, 5) is 25.0. The van der Waals surface area contributed by atoms with E-state index >= 15 is 0 Å². The minimum Gasteiger partial charge on any atom is -0.300 e. The Hall–Kier alpha value is -2.22. The van der Waals surface area contributed by atoms with Gasteiger partial charge in [-0.3, -0.25) is 9.59 Å². The van der Waals surface area contributed by atoms with Crippen LogP contribution in [0.2, 0.25) is 0 Å². The van der Waals surface area contributed by atoms with Crippen LogP contribution < -0.4 is 4.90 Å². The van der Waals surface area contributed by atoms with Crippen molar-refractivity contribution in [2.75, 3.05) is 4.90 Å². The predicted octanol–water partition coefficient (Wildman–Crippen LogP) is 4.34. The number of benzene rings is 2. The number of halogens is 5. The van der Waals surface area contributed by atoms with E-state index in [2.05, 4.69) is 15.9 Å². The molecule has 1 heterocycles. The lowest BCUT2D eigenvalue weighted by atomic mass is 10.1. The lowest BCUT2D eigenvalue weighted by Gasteiger charge is -2.17. The third-order valence-electron chi connectivity index (χ3n) is 3.64. The molecule has 3 nitrogen and oxygen atoms in total. The zero-order valence-corrected chi connectivity index (χ0v) is 13.4. The number of amides is 1. The van der Waals surface area contributed by atoms with Gasteiger partial charge >= 0.3 is 6.18 Å². The molecule has 2 aromatic rings. The summed E-state index contributed by atoms with van der Waals surface area (Å²) >= 11 is 3.10. The summed E-state index contributed by atoms with van der Waals surface area (Å²) in [6.45, 7) is -0.248. The molecule has 124 valence electrons. The van der Waals surface area contributed by atoms with Crippen molar-refractivity contribution in [3.05, 3.63) is 63.4 Å². The maximum absolute atomic E-state index is 13.9. The van der Waals surface area contributed by atoms with E-state index in [4.69, 9.17) is 0 Å². The molecule has 0 spiro atoms. The van der Waals surface area contributed by atoms with Gasteiger partial charge < -0.3 is 4.90 Å². The average Bonchev–Trinajstić information content (AvgIpc) is 2.73. The van der Waals surface area contributed by atoms with E-state index in [1.807, 2.05) is 0 Å². The van der Waals surface area contributed by atoms with Crippen LogP contribution in [0, 0.1) is 5.82 Å². The Kier molecular flexibility index (Phi) is 3.95. The Morgan fingerprint density at radius 1 is 1.04 bits per heavy atom. The number of anilines is 1. The molecule has 0 N–H and O–H groups in total. The number of ketones is 1. The lowest BCUT2D eigenvalue weighted by molar-refractivity contribution is -0.137. The van der Waals surface area contributed by atoms with Crippen LogP contribution in [0.25, 0.3) is 0 Å². The van der Waals surface area contributed by atoms with Crippen LogP contribution in [0.1, 0.15) is 21.5 Å². The topological polar surface area (TPSA) is 37.4 Å². The number of alkyl halides is 3. The van der Waals surface area contributed by atoms with Gasteiger partial charge in [0, 0.05) is 10.0 Å². The van der Waals surface area contributed by atoms with Crippen LogP contribution in [0.3, 0.4) is 0 Å². The van der Waals surface area contributed by atoms with Gasteiger partial charge in [0.25, 0.3) is 11.7 Å². The molecule has 0 aromatic heterocycles. The molecule has 8 heteroatoms. The number of Topliss-reactive ketones (excluding diaryl/α,β-unsaturated/α-hetero) is 1. The minimum absolute atomic E-state index is 0.0420. The molecular formula is C16H8BrF4NO2. The van der Waals surface area contributed by atoms with Gasteiger partial charge in [-0.2, -0.15) is 13.2 Å². The molecule has 0 bridgehead atoms. The van der Waals surface area contributed by atoms with Crippen molar-refractivity contribution < 1.29 is 27.2 Å². The number of hydrogen-bond acceptors (Lipinski definition) is 2. The molecule has 0 atom stereocenters. The number of hydrogen-bond donors (Lipinski definition) is 0. The Balaban J connectivity index is 2.00. The molecule has 0 saturated heterocycles. The van der Waals surface area contributed by atoms with E-state index in [0.717, 1.165) is 17.0 Å². The van der Waals surface area contributed by atoms with Gasteiger partial charge in [-0.1, -0.05) is 22.0 Å². The maximum Gasteiger partial charge on any atom is 0.416 e. The third kappa shape index (κ3) is 2.82. The van der Waals surface area contributed by atoms with Crippen molar-refractivity contribution >= 4 is 33.3 Å². The molecule has 1 aliphatic rings. The number of fused-ring (bicyclic) bond motifs is 1. The van der Waals surface area contributed by atoms with Gasteiger partial charge in [0.15, 0.2) is 0 Å². The van der Waals surface area contributed by atoms with E-state index in [9.17, 15) is 27.2 Å². The van der Waals surface area contributed by atoms with Crippen LogP contribution in [0.4, 0.5) is 23.2 Å². The highest BCUT2D eigenvalue weighted by Gasteiger charge is 2.39. The third-order valence-corrected chi connectivity index (χ3v) is 4.14. The predicted molar refractivity (Wildman–Crippen MR) is 81.1 cm³/mol. The molecule has 3 rings (SSSR count). The second kappa shape index (κ2) is 5.70. The fourth-order valence-corrected chi connectivity index (χ4v) is 2.79. The van der Waals surface area contributed by atoms with Crippen molar-refractivity contribution in [1.82, 2.24) is 0 Å². The largest absolute Gasteiger partial charge is 0.416 e. The SMILES string of the molecule is O=C1C(=O)N(Cc2ccc(Br)cc2F)c2ccc(C(F)(F)F)cc21. The molecule has 1 amide bonds. The summed E-state index contributed by atoms with van der Waals surface area (Å²) in [6.07, 6.45) is -4.62. The summed E-state index contributed by atoms with van der Waals surface area (Å²) in [7, 11) is 0. The molecule has 0 unspecified atom stereocenters. The highest BCUT2D eigenvalue weighted by Crippen LogP contribution is 2.36. The Morgan fingerprint density at radius 2 is 1.75 bits per heavy atom. The monoisotopic (exact) mass is 401 g/mol. The first-order valence-electron chi connectivity index (χ1n) is 6.70. The van der Waals surface area contributed by atoms with Gasteiger partial charge in [0.05, 0.1) is 23.4 Å². The quantitative estimate of drug-likeness (QED) is 0.554. The van der Waals surface area contributed by atoms with Crippen LogP contribution in [-0.2, 0) is 17.5 Å². The molecule has 0 radical (unpaired) electrons. The minimum atomic E-state index is -4.62. The van der Waals surface area contributed by atoms with E-state index < -0.39 is 29.2 Å². The standard InChI is InChI=1S/C16H8BrF4NO2/c17-10-3-1-8(12(18)6-10)7-22-13-4-2-9(16(19,20)21)5-11(13)14(23)15(22)24/h1-6H,7H2. The fourth-order valence-electron chi connectivity index (χ4n) is 2.45. The van der Waals surface area contributed by atoms with Gasteiger partial charge in [0.2, 0.25) is 0 Å². The number of carbonyl (C=O) groups is 2. The molecule has 0 fully saturated rings. The summed E-state index contributed by atoms with van der Waals surface area (Å²) in [5.41, 5.74) is -1.15. The zero-order chi connectivity index (χ0) is 17.6. The van der Waals surface area contributed by atoms with E-state index in [-0.39, 0.29) is 23.4 Å². The summed E-state index contributed by atoms with van der Waals surface area (Å²) in [6, 6.07) is 6.68. The van der Waals surface area contributed by atoms with Crippen molar-refractivity contribution in [1.29, 1.82) is 0 Å². The Bertz CT molecular complexity index is 864. The highest BCUT2D eigenvalue weighted by atomic mass is 79.9. The molecular weight excluding hydrogens is 394 g/mol. The average molecular weight is 402 g/mol. The molecule has 24 heavy (non-hydrogen) atoms. The highest BCUT2D eigenvalue weighted by molar-refractivity contribution is 9.10. The fraction of sp³-hybridized carbons (Fsp3) is 0.125. The molecule has 1 aliphatic heterocycles. The second-order valence-electron chi connectivity index (χ2n) is 5.19. The normalized spacial score (nSPS) is 14.3. The summed E-state index contributed by atoms with van der Waals surface area (Å²) < 4.78 is 52.7. The van der Waals surface area contributed by atoms with Crippen LogP contribution in [-0.4, -0.2) is 11.7 Å². The van der Waals surface area contributed by atoms with Gasteiger partial charge in [-0.15, -0.1) is 0 Å². The summed E-state index contributed by atoms with van der Waals surface area (Å²) in [5.74, 6) is -2.61. The first-order chi connectivity index (χ1) is 11.2. The van der Waals surface area contributed by atoms with E-state index in [1.54, 1.807) is 6.07 Å². The van der Waals surface area contributed by atoms with Crippen LogP contribution in [0.15, 0.2) is 40.9 Å². The first-order valence-corrected chi connectivity index (χ1v) is 7.49. The Morgan fingerprint density at radius 3 is 2.38 bits per heavy atom. The zero-order valence-electron chi connectivity index (χ0n) is 11.8. The molecule has 0 saturated carbocycles. The lowest BCUT2D eigenvalue weighted by Crippen LogP contribution is -2.29. The van der Waals surface area contributed by atoms with Crippen molar-refractivity contribution in [3.8, 4) is 0 Å². The van der Waals surface area contributed by atoms with Gasteiger partial charge in [0.1, 0.15) is 5.82 Å². The van der Waals surface area contributed by atoms with Crippen molar-refractivity contribution in [3.63, 3.8) is 0 Å². The van der Waals surface area contributed by atoms with Gasteiger partial charge in [-0.25, -0.2) is 4.39 Å². The van der Waals surface area contributed by atoms with E-state index in [1.165, 1.54) is 12.1 Å². The molecule has 0 aliphatic carbocycles. The van der Waals surface area contributed by atoms with Crippen LogP contribution in [0.5, 0.6) is 0 Å². The van der Waals surface area contributed by atoms with E-state index in [0.29, 0.717) is 10.5 Å². The number of nitrogens with zero attached hydrogens (tertiary/aromatic N) is 1. The second-order valence-corrected chi connectivity index (χ2v) is 6.10. The number of carbonyl (C=O) groups excluding carboxylic acids is 2. The first kappa shape index (κ1) is 16.6. The Labute approximate surface area is 142 Å².